The van der Waals surface area contributed by atoms with Crippen molar-refractivity contribution in [3.05, 3.63) is 0 Å². The minimum absolute atomic E-state index is 0.0122. The van der Waals surface area contributed by atoms with Crippen molar-refractivity contribution in [3.63, 3.8) is 0 Å². The van der Waals surface area contributed by atoms with E-state index in [1.54, 1.807) is 27.9 Å². The highest BCUT2D eigenvalue weighted by atomic mass is 16.6. The molecule has 15 heavy (non-hydrogen) atoms. The van der Waals surface area contributed by atoms with Gasteiger partial charge < -0.3 is 9.47 Å². The lowest BCUT2D eigenvalue weighted by atomic mass is 10.2. The van der Waals surface area contributed by atoms with Crippen molar-refractivity contribution in [2.24, 2.45) is 0 Å². The Labute approximate surface area is 90.6 Å². The lowest BCUT2D eigenvalue weighted by molar-refractivity contribution is 0.0229. The van der Waals surface area contributed by atoms with Crippen LogP contribution in [0.1, 0.15) is 20.8 Å². The molecule has 0 aromatic rings. The first-order valence-electron chi connectivity index (χ1n) is 4.74. The molecule has 0 atom stereocenters. The summed E-state index contributed by atoms with van der Waals surface area (Å²) in [5.41, 5.74) is -0.544. The van der Waals surface area contributed by atoms with E-state index in [2.05, 4.69) is 0 Å². The summed E-state index contributed by atoms with van der Waals surface area (Å²) in [5.74, 6) is 0. The summed E-state index contributed by atoms with van der Waals surface area (Å²) in [6.07, 6.45) is -0.485. The molecule has 0 aliphatic rings. The van der Waals surface area contributed by atoms with Crippen molar-refractivity contribution in [1.29, 1.82) is 5.26 Å². The predicted molar refractivity (Wildman–Crippen MR) is 55.3 cm³/mol. The normalized spacial score (nSPS) is 10.6. The highest BCUT2D eigenvalue weighted by Crippen LogP contribution is 2.09. The Balaban J connectivity index is 4.23. The summed E-state index contributed by atoms with van der Waals surface area (Å²) in [4.78, 5) is 12.9. The number of methoxy groups -OCH3 is 1. The molecule has 0 fully saturated rings. The molecule has 0 unspecified atom stereocenters. The van der Waals surface area contributed by atoms with E-state index >= 15 is 0 Å². The summed E-state index contributed by atoms with van der Waals surface area (Å²) in [7, 11) is 1.54. The maximum Gasteiger partial charge on any atom is 0.411 e. The fourth-order valence-electron chi connectivity index (χ4n) is 0.848. The lowest BCUT2D eigenvalue weighted by Gasteiger charge is -2.25. The Morgan fingerprint density at radius 2 is 2.07 bits per heavy atom. The second-order valence-corrected chi connectivity index (χ2v) is 4.05. The molecule has 0 aliphatic carbocycles. The molecule has 1 amide bonds. The Hall–Kier alpha value is -1.28. The monoisotopic (exact) mass is 214 g/mol. The van der Waals surface area contributed by atoms with E-state index in [9.17, 15) is 4.79 Å². The zero-order valence-electron chi connectivity index (χ0n) is 9.74. The van der Waals surface area contributed by atoms with Gasteiger partial charge in [-0.3, -0.25) is 4.90 Å². The molecule has 0 bridgehead atoms. The number of carbonyl (C=O) groups is 1. The number of rotatable bonds is 4. The number of nitriles is 1. The van der Waals surface area contributed by atoms with Gasteiger partial charge >= 0.3 is 6.09 Å². The minimum Gasteiger partial charge on any atom is -0.444 e. The van der Waals surface area contributed by atoms with Crippen LogP contribution in [0.5, 0.6) is 0 Å². The number of nitrogens with zero attached hydrogens (tertiary/aromatic N) is 2. The number of carbonyl (C=O) groups excluding carboxylic acids is 1. The van der Waals surface area contributed by atoms with Crippen LogP contribution in [-0.4, -0.2) is 43.4 Å². The van der Waals surface area contributed by atoms with Gasteiger partial charge in [0.15, 0.2) is 0 Å². The predicted octanol–water partition coefficient (Wildman–Crippen LogP) is 1.39. The fourth-order valence-corrected chi connectivity index (χ4v) is 0.848. The molecule has 0 saturated heterocycles. The van der Waals surface area contributed by atoms with Crippen LogP contribution in [0, 0.1) is 11.3 Å². The standard InChI is InChI=1S/C10H18N2O3/c1-10(2,3)15-9(13)12(6-5-11)7-8-14-4/h6-8H2,1-4H3. The third-order valence-electron chi connectivity index (χ3n) is 1.48. The van der Waals surface area contributed by atoms with E-state index in [4.69, 9.17) is 14.7 Å². The smallest absolute Gasteiger partial charge is 0.411 e. The van der Waals surface area contributed by atoms with E-state index in [1.807, 2.05) is 6.07 Å². The summed E-state index contributed by atoms with van der Waals surface area (Å²) in [6, 6.07) is 1.91. The second-order valence-electron chi connectivity index (χ2n) is 4.05. The molecule has 0 saturated carbocycles. The lowest BCUT2D eigenvalue weighted by Crippen LogP contribution is -2.38. The molecule has 0 heterocycles. The van der Waals surface area contributed by atoms with Crippen LogP contribution in [0.3, 0.4) is 0 Å². The number of ether oxygens (including phenoxy) is 2. The molecule has 0 aromatic heterocycles. The van der Waals surface area contributed by atoms with Crippen molar-refractivity contribution < 1.29 is 14.3 Å². The third-order valence-corrected chi connectivity index (χ3v) is 1.48. The van der Waals surface area contributed by atoms with Gasteiger partial charge in [0.2, 0.25) is 0 Å². The van der Waals surface area contributed by atoms with Crippen molar-refractivity contribution in [1.82, 2.24) is 4.90 Å². The van der Waals surface area contributed by atoms with Crippen LogP contribution < -0.4 is 0 Å². The van der Waals surface area contributed by atoms with Crippen molar-refractivity contribution >= 4 is 6.09 Å². The third kappa shape index (κ3) is 6.75. The zero-order chi connectivity index (χ0) is 11.9. The fraction of sp³-hybridized carbons (Fsp3) is 0.800. The maximum atomic E-state index is 11.6. The van der Waals surface area contributed by atoms with Gasteiger partial charge in [0.25, 0.3) is 0 Å². The number of hydrogen-bond donors (Lipinski definition) is 0. The Morgan fingerprint density at radius 3 is 2.47 bits per heavy atom. The van der Waals surface area contributed by atoms with Gasteiger partial charge in [-0.1, -0.05) is 0 Å². The maximum absolute atomic E-state index is 11.6. The summed E-state index contributed by atoms with van der Waals surface area (Å²) < 4.78 is 9.97. The zero-order valence-corrected chi connectivity index (χ0v) is 9.74. The average Bonchev–Trinajstić information content (AvgIpc) is 2.09. The Bertz CT molecular complexity index is 240. The first kappa shape index (κ1) is 13.7. The SMILES string of the molecule is COCCN(CC#N)C(=O)OC(C)(C)C. The van der Waals surface area contributed by atoms with Gasteiger partial charge in [0, 0.05) is 13.7 Å². The quantitative estimate of drug-likeness (QED) is 0.663. The van der Waals surface area contributed by atoms with Crippen LogP contribution in [0.15, 0.2) is 0 Å². The Morgan fingerprint density at radius 1 is 1.47 bits per heavy atom. The van der Waals surface area contributed by atoms with Crippen LogP contribution in [0.25, 0.3) is 0 Å². The van der Waals surface area contributed by atoms with Crippen molar-refractivity contribution in [2.45, 2.75) is 26.4 Å². The minimum atomic E-state index is -0.544. The van der Waals surface area contributed by atoms with Crippen LogP contribution >= 0.6 is 0 Å². The van der Waals surface area contributed by atoms with E-state index in [0.29, 0.717) is 13.2 Å². The van der Waals surface area contributed by atoms with E-state index < -0.39 is 11.7 Å². The van der Waals surface area contributed by atoms with Crippen LogP contribution in [0.4, 0.5) is 4.79 Å². The van der Waals surface area contributed by atoms with Gasteiger partial charge in [-0.25, -0.2) is 4.79 Å². The molecule has 5 heteroatoms. The van der Waals surface area contributed by atoms with Crippen LogP contribution in [0.2, 0.25) is 0 Å². The topological polar surface area (TPSA) is 62.6 Å². The molecule has 0 spiro atoms. The molecular weight excluding hydrogens is 196 g/mol. The van der Waals surface area contributed by atoms with Crippen molar-refractivity contribution in [3.8, 4) is 6.07 Å². The van der Waals surface area contributed by atoms with E-state index in [1.165, 1.54) is 4.90 Å². The molecule has 0 radical (unpaired) electrons. The molecular formula is C10H18N2O3. The number of hydrogen-bond acceptors (Lipinski definition) is 4. The molecule has 86 valence electrons. The Kier molecular flexibility index (Phi) is 5.72. The summed E-state index contributed by atoms with van der Waals surface area (Å²) >= 11 is 0. The van der Waals surface area contributed by atoms with Gasteiger partial charge in [-0.2, -0.15) is 5.26 Å². The summed E-state index contributed by atoms with van der Waals surface area (Å²) in [5, 5.41) is 8.54. The first-order chi connectivity index (χ1) is 6.90. The molecule has 0 aromatic carbocycles. The van der Waals surface area contributed by atoms with Gasteiger partial charge in [-0.05, 0) is 20.8 Å². The van der Waals surface area contributed by atoms with Crippen molar-refractivity contribution in [2.75, 3.05) is 26.8 Å². The highest BCUT2D eigenvalue weighted by Gasteiger charge is 2.21. The average molecular weight is 214 g/mol. The van der Waals surface area contributed by atoms with E-state index in [0.717, 1.165) is 0 Å². The summed E-state index contributed by atoms with van der Waals surface area (Å²) in [6.45, 7) is 6.11. The van der Waals surface area contributed by atoms with Crippen LogP contribution in [-0.2, 0) is 9.47 Å². The second kappa shape index (κ2) is 6.25. The largest absolute Gasteiger partial charge is 0.444 e. The number of amides is 1. The van der Waals surface area contributed by atoms with Gasteiger partial charge in [-0.15, -0.1) is 0 Å². The van der Waals surface area contributed by atoms with Gasteiger partial charge in [0.1, 0.15) is 12.1 Å². The van der Waals surface area contributed by atoms with E-state index in [-0.39, 0.29) is 6.54 Å². The highest BCUT2D eigenvalue weighted by molar-refractivity contribution is 5.68. The molecule has 0 rings (SSSR count). The molecule has 5 nitrogen and oxygen atoms in total. The first-order valence-corrected chi connectivity index (χ1v) is 4.74. The van der Waals surface area contributed by atoms with Gasteiger partial charge in [0.05, 0.1) is 12.7 Å². The molecule has 0 N–H and O–H groups in total. The molecule has 0 aliphatic heterocycles.